The van der Waals surface area contributed by atoms with E-state index in [9.17, 15) is 0 Å². The quantitative estimate of drug-likeness (QED) is 0.264. The molecule has 4 aromatic carbocycles. The summed E-state index contributed by atoms with van der Waals surface area (Å²) in [5, 5.41) is 2.01. The van der Waals surface area contributed by atoms with Crippen LogP contribution in [-0.2, 0) is 0 Å². The van der Waals surface area contributed by atoms with Crippen molar-refractivity contribution in [3.8, 4) is 34.2 Å². The minimum Gasteiger partial charge on any atom is -0.455 e. The van der Waals surface area contributed by atoms with Crippen molar-refractivity contribution >= 4 is 37.9 Å². The molecule has 4 nitrogen and oxygen atoms in total. The molecular formula is C27H16BrN3O. The average molecular weight is 478 g/mol. The Hall–Kier alpha value is -3.83. The number of rotatable bonds is 3. The van der Waals surface area contributed by atoms with Crippen LogP contribution in [0.2, 0.25) is 0 Å². The van der Waals surface area contributed by atoms with Crippen LogP contribution >= 0.6 is 15.9 Å². The Kier molecular flexibility index (Phi) is 4.55. The van der Waals surface area contributed by atoms with Crippen LogP contribution in [0.25, 0.3) is 56.1 Å². The smallest absolute Gasteiger partial charge is 0.164 e. The molecule has 0 spiro atoms. The molecule has 0 unspecified atom stereocenters. The lowest BCUT2D eigenvalue weighted by Gasteiger charge is -2.09. The molecule has 6 aromatic rings. The zero-order valence-corrected chi connectivity index (χ0v) is 18.5. The van der Waals surface area contributed by atoms with E-state index in [4.69, 9.17) is 19.4 Å². The van der Waals surface area contributed by atoms with E-state index in [1.165, 1.54) is 0 Å². The third kappa shape index (κ3) is 3.18. The van der Waals surface area contributed by atoms with E-state index in [0.29, 0.717) is 17.5 Å². The van der Waals surface area contributed by atoms with E-state index in [-0.39, 0.29) is 0 Å². The van der Waals surface area contributed by atoms with Gasteiger partial charge in [0.1, 0.15) is 11.2 Å². The predicted molar refractivity (Wildman–Crippen MR) is 131 cm³/mol. The maximum Gasteiger partial charge on any atom is 0.164 e. The number of para-hydroxylation sites is 1. The van der Waals surface area contributed by atoms with Gasteiger partial charge in [-0.05, 0) is 34.1 Å². The molecule has 5 heteroatoms. The van der Waals surface area contributed by atoms with Gasteiger partial charge in [0.15, 0.2) is 17.5 Å². The molecule has 0 radical (unpaired) electrons. The van der Waals surface area contributed by atoms with Gasteiger partial charge in [0.05, 0.1) is 4.47 Å². The van der Waals surface area contributed by atoms with Crippen LogP contribution in [0, 0.1) is 0 Å². The van der Waals surface area contributed by atoms with Crippen LogP contribution in [-0.4, -0.2) is 15.0 Å². The fraction of sp³-hybridized carbons (Fsp3) is 0. The van der Waals surface area contributed by atoms with Gasteiger partial charge in [-0.1, -0.05) is 78.9 Å². The van der Waals surface area contributed by atoms with Crippen LogP contribution in [0.15, 0.2) is 106 Å². The van der Waals surface area contributed by atoms with Crippen molar-refractivity contribution in [2.24, 2.45) is 0 Å². The van der Waals surface area contributed by atoms with Gasteiger partial charge in [0.25, 0.3) is 0 Å². The maximum absolute atomic E-state index is 6.16. The van der Waals surface area contributed by atoms with Gasteiger partial charge in [0.2, 0.25) is 0 Å². The molecule has 0 amide bonds. The second-order valence-corrected chi connectivity index (χ2v) is 8.29. The van der Waals surface area contributed by atoms with E-state index in [2.05, 4.69) is 22.0 Å². The zero-order valence-electron chi connectivity index (χ0n) is 16.9. The van der Waals surface area contributed by atoms with E-state index in [1.54, 1.807) is 0 Å². The number of halogens is 1. The number of fused-ring (bicyclic) bond motifs is 3. The number of hydrogen-bond donors (Lipinski definition) is 0. The number of nitrogens with zero attached hydrogens (tertiary/aromatic N) is 3. The summed E-state index contributed by atoms with van der Waals surface area (Å²) in [5.74, 6) is 1.89. The molecule has 0 N–H and O–H groups in total. The summed E-state index contributed by atoms with van der Waals surface area (Å²) < 4.78 is 7.05. The van der Waals surface area contributed by atoms with Crippen LogP contribution in [0.4, 0.5) is 0 Å². The molecule has 0 aliphatic carbocycles. The van der Waals surface area contributed by atoms with Crippen molar-refractivity contribution in [3.05, 3.63) is 102 Å². The molecule has 152 valence electrons. The molecule has 0 fully saturated rings. The number of aromatic nitrogens is 3. The standard InChI is InChI=1S/C27H16BrN3O/c28-21-16-15-20(23-19-13-7-8-14-22(19)32-24(21)23)27-30-25(17-9-3-1-4-10-17)29-26(31-27)18-11-5-2-6-12-18/h1-16H. The second kappa shape index (κ2) is 7.70. The minimum atomic E-state index is 0.613. The Morgan fingerprint density at radius 1 is 0.562 bits per heavy atom. The molecule has 32 heavy (non-hydrogen) atoms. The second-order valence-electron chi connectivity index (χ2n) is 7.44. The van der Waals surface area contributed by atoms with Gasteiger partial charge >= 0.3 is 0 Å². The van der Waals surface area contributed by atoms with Crippen molar-refractivity contribution in [1.29, 1.82) is 0 Å². The Balaban J connectivity index is 1.67. The van der Waals surface area contributed by atoms with E-state index >= 15 is 0 Å². The fourth-order valence-electron chi connectivity index (χ4n) is 3.91. The van der Waals surface area contributed by atoms with Gasteiger partial charge in [-0.2, -0.15) is 0 Å². The molecule has 6 rings (SSSR count). The van der Waals surface area contributed by atoms with Gasteiger partial charge in [-0.25, -0.2) is 15.0 Å². The SMILES string of the molecule is Brc1ccc(-c2nc(-c3ccccc3)nc(-c3ccccc3)n2)c2c1oc1ccccc12. The number of hydrogen-bond acceptors (Lipinski definition) is 4. The lowest BCUT2D eigenvalue weighted by Crippen LogP contribution is -2.00. The fourth-order valence-corrected chi connectivity index (χ4v) is 4.32. The highest BCUT2D eigenvalue weighted by molar-refractivity contribution is 9.10. The van der Waals surface area contributed by atoms with E-state index < -0.39 is 0 Å². The molecule has 0 aliphatic rings. The predicted octanol–water partition coefficient (Wildman–Crippen LogP) is 7.53. The first-order valence-corrected chi connectivity index (χ1v) is 11.0. The molecule has 0 bridgehead atoms. The highest BCUT2D eigenvalue weighted by atomic mass is 79.9. The molecule has 0 aliphatic heterocycles. The largest absolute Gasteiger partial charge is 0.455 e. The minimum absolute atomic E-state index is 0.613. The number of benzene rings is 4. The summed E-state index contributed by atoms with van der Waals surface area (Å²) in [6.45, 7) is 0. The average Bonchev–Trinajstić information content (AvgIpc) is 3.26. The zero-order chi connectivity index (χ0) is 21.5. The molecule has 0 saturated carbocycles. The lowest BCUT2D eigenvalue weighted by atomic mass is 10.1. The first-order valence-electron chi connectivity index (χ1n) is 10.2. The Morgan fingerprint density at radius 3 is 1.78 bits per heavy atom. The molecule has 0 atom stereocenters. The summed E-state index contributed by atoms with van der Waals surface area (Å²) in [4.78, 5) is 14.6. The summed E-state index contributed by atoms with van der Waals surface area (Å²) in [7, 11) is 0. The monoisotopic (exact) mass is 477 g/mol. The first kappa shape index (κ1) is 18.9. The third-order valence-electron chi connectivity index (χ3n) is 5.42. The van der Waals surface area contributed by atoms with Gasteiger partial charge in [0, 0.05) is 27.5 Å². The Bertz CT molecular complexity index is 1520. The summed E-state index contributed by atoms with van der Waals surface area (Å²) in [6, 6.07) is 32.0. The van der Waals surface area contributed by atoms with Crippen molar-refractivity contribution in [1.82, 2.24) is 15.0 Å². The molecular weight excluding hydrogens is 462 g/mol. The third-order valence-corrected chi connectivity index (χ3v) is 6.04. The topological polar surface area (TPSA) is 51.8 Å². The van der Waals surface area contributed by atoms with Crippen LogP contribution in [0.5, 0.6) is 0 Å². The highest BCUT2D eigenvalue weighted by Crippen LogP contribution is 2.39. The van der Waals surface area contributed by atoms with E-state index in [1.807, 2.05) is 91.0 Å². The summed E-state index contributed by atoms with van der Waals surface area (Å²) >= 11 is 3.64. The lowest BCUT2D eigenvalue weighted by molar-refractivity contribution is 0.667. The van der Waals surface area contributed by atoms with Crippen LogP contribution in [0.1, 0.15) is 0 Å². The van der Waals surface area contributed by atoms with Gasteiger partial charge in [-0.15, -0.1) is 0 Å². The Labute approximate surface area is 192 Å². The normalized spacial score (nSPS) is 11.3. The van der Waals surface area contributed by atoms with Crippen molar-refractivity contribution < 1.29 is 4.42 Å². The Morgan fingerprint density at radius 2 is 1.12 bits per heavy atom. The van der Waals surface area contributed by atoms with Gasteiger partial charge < -0.3 is 4.42 Å². The van der Waals surface area contributed by atoms with Crippen molar-refractivity contribution in [3.63, 3.8) is 0 Å². The first-order chi connectivity index (χ1) is 15.8. The van der Waals surface area contributed by atoms with Gasteiger partial charge in [-0.3, -0.25) is 0 Å². The molecule has 0 saturated heterocycles. The van der Waals surface area contributed by atoms with E-state index in [0.717, 1.165) is 43.1 Å². The van der Waals surface area contributed by atoms with Crippen LogP contribution < -0.4 is 0 Å². The van der Waals surface area contributed by atoms with Crippen molar-refractivity contribution in [2.45, 2.75) is 0 Å². The highest BCUT2D eigenvalue weighted by Gasteiger charge is 2.19. The molecule has 2 aromatic heterocycles. The van der Waals surface area contributed by atoms with Crippen molar-refractivity contribution in [2.75, 3.05) is 0 Å². The molecule has 2 heterocycles. The number of furan rings is 1. The summed E-state index contributed by atoms with van der Waals surface area (Å²) in [5.41, 5.74) is 4.41. The van der Waals surface area contributed by atoms with Crippen LogP contribution in [0.3, 0.4) is 0 Å². The summed E-state index contributed by atoms with van der Waals surface area (Å²) in [6.07, 6.45) is 0. The maximum atomic E-state index is 6.16.